The number of hydrogen-bond acceptors (Lipinski definition) is 8. The van der Waals surface area contributed by atoms with Gasteiger partial charge in [-0.3, -0.25) is 14.9 Å². The fourth-order valence-corrected chi connectivity index (χ4v) is 3.15. The Morgan fingerprint density at radius 1 is 1.15 bits per heavy atom. The van der Waals surface area contributed by atoms with Gasteiger partial charge in [-0.25, -0.2) is 14.3 Å². The van der Waals surface area contributed by atoms with Crippen molar-refractivity contribution in [3.05, 3.63) is 92.5 Å². The Hall–Kier alpha value is -4.80. The molecule has 0 fully saturated rings. The van der Waals surface area contributed by atoms with Crippen LogP contribution in [0.4, 0.5) is 11.5 Å². The number of amides is 1. The van der Waals surface area contributed by atoms with Crippen LogP contribution < -0.4 is 10.9 Å². The van der Waals surface area contributed by atoms with Gasteiger partial charge in [0.25, 0.3) is 11.6 Å². The first-order valence-electron chi connectivity index (χ1n) is 9.73. The lowest BCUT2D eigenvalue weighted by Crippen LogP contribution is -2.23. The zero-order valence-electron chi connectivity index (χ0n) is 17.2. The summed E-state index contributed by atoms with van der Waals surface area (Å²) in [6.45, 7) is 1.74. The van der Waals surface area contributed by atoms with Crippen LogP contribution in [0.2, 0.25) is 0 Å². The van der Waals surface area contributed by atoms with Gasteiger partial charge in [-0.1, -0.05) is 18.2 Å². The van der Waals surface area contributed by atoms with Crippen LogP contribution in [0.25, 0.3) is 16.7 Å². The van der Waals surface area contributed by atoms with Crippen molar-refractivity contribution < 1.29 is 23.7 Å². The van der Waals surface area contributed by atoms with Crippen molar-refractivity contribution in [1.29, 1.82) is 0 Å². The van der Waals surface area contributed by atoms with Gasteiger partial charge in [0, 0.05) is 17.5 Å². The van der Waals surface area contributed by atoms with Crippen LogP contribution in [0.15, 0.2) is 70.0 Å². The van der Waals surface area contributed by atoms with Crippen molar-refractivity contribution >= 4 is 34.4 Å². The monoisotopic (exact) mass is 448 g/mol. The van der Waals surface area contributed by atoms with E-state index in [2.05, 4.69) is 10.4 Å². The smallest absolute Gasteiger partial charge is 0.349 e. The largest absolute Gasteiger partial charge is 0.462 e. The van der Waals surface area contributed by atoms with Crippen molar-refractivity contribution in [2.45, 2.75) is 6.92 Å². The number of para-hydroxylation sites is 1. The van der Waals surface area contributed by atoms with E-state index in [1.165, 1.54) is 35.1 Å². The van der Waals surface area contributed by atoms with Crippen LogP contribution in [-0.2, 0) is 4.74 Å². The first-order chi connectivity index (χ1) is 15.9. The Bertz CT molecular complexity index is 1440. The second kappa shape index (κ2) is 8.75. The Kier molecular flexibility index (Phi) is 5.68. The van der Waals surface area contributed by atoms with E-state index < -0.39 is 28.0 Å². The maximum atomic E-state index is 13.0. The molecule has 166 valence electrons. The Morgan fingerprint density at radius 2 is 1.91 bits per heavy atom. The van der Waals surface area contributed by atoms with Crippen molar-refractivity contribution in [2.24, 2.45) is 0 Å². The molecule has 11 nitrogen and oxygen atoms in total. The van der Waals surface area contributed by atoms with Gasteiger partial charge in [0.2, 0.25) is 0 Å². The molecule has 2 heterocycles. The topological polar surface area (TPSA) is 147 Å². The number of ether oxygens (including phenoxy) is 1. The number of anilines is 1. The van der Waals surface area contributed by atoms with Gasteiger partial charge in [-0.05, 0) is 31.2 Å². The summed E-state index contributed by atoms with van der Waals surface area (Å²) >= 11 is 0. The molecule has 1 N–H and O–H groups in total. The highest BCUT2D eigenvalue weighted by Crippen LogP contribution is 2.24. The first kappa shape index (κ1) is 21.4. The van der Waals surface area contributed by atoms with Crippen molar-refractivity contribution in [3.8, 4) is 5.69 Å². The van der Waals surface area contributed by atoms with E-state index in [-0.39, 0.29) is 34.6 Å². The number of nitro groups is 1. The molecule has 0 aliphatic carbocycles. The van der Waals surface area contributed by atoms with Crippen molar-refractivity contribution in [2.75, 3.05) is 11.9 Å². The maximum Gasteiger partial charge on any atom is 0.349 e. The average Bonchev–Trinajstić information content (AvgIpc) is 3.22. The normalized spacial score (nSPS) is 10.7. The highest BCUT2D eigenvalue weighted by atomic mass is 16.6. The second-order valence-electron chi connectivity index (χ2n) is 6.76. The molecule has 1 amide bonds. The van der Waals surface area contributed by atoms with E-state index in [4.69, 9.17) is 9.15 Å². The van der Waals surface area contributed by atoms with E-state index in [0.717, 1.165) is 0 Å². The summed E-state index contributed by atoms with van der Waals surface area (Å²) < 4.78 is 11.5. The zero-order valence-corrected chi connectivity index (χ0v) is 17.2. The van der Waals surface area contributed by atoms with E-state index in [1.807, 2.05) is 0 Å². The minimum Gasteiger partial charge on any atom is -0.462 e. The molecule has 0 spiro atoms. The average molecular weight is 448 g/mol. The number of esters is 1. The van der Waals surface area contributed by atoms with Crippen LogP contribution in [-0.4, -0.2) is 33.2 Å². The molecule has 4 aromatic rings. The van der Waals surface area contributed by atoms with Crippen molar-refractivity contribution in [3.63, 3.8) is 0 Å². The predicted molar refractivity (Wildman–Crippen MR) is 117 cm³/mol. The molecule has 0 radical (unpaired) electrons. The molecule has 0 bridgehead atoms. The minimum atomic E-state index is -0.947. The summed E-state index contributed by atoms with van der Waals surface area (Å²) in [5.74, 6) is -1.61. The second-order valence-corrected chi connectivity index (χ2v) is 6.76. The lowest BCUT2D eigenvalue weighted by molar-refractivity contribution is -0.384. The van der Waals surface area contributed by atoms with Gasteiger partial charge in [0.15, 0.2) is 5.82 Å². The SMILES string of the molecule is CCOC(=O)c1cnn(-c2ccccc2)c1NC(=O)c1cc2cc([N+](=O)[O-])ccc2oc1=O. The number of non-ortho nitro benzene ring substituents is 1. The molecular weight excluding hydrogens is 432 g/mol. The van der Waals surface area contributed by atoms with E-state index in [1.54, 1.807) is 37.3 Å². The third-order valence-electron chi connectivity index (χ3n) is 4.67. The molecule has 0 atom stereocenters. The number of nitro benzene ring substituents is 1. The summed E-state index contributed by atoms with van der Waals surface area (Å²) in [4.78, 5) is 48.3. The van der Waals surface area contributed by atoms with Crippen LogP contribution in [0.1, 0.15) is 27.6 Å². The summed E-state index contributed by atoms with van der Waals surface area (Å²) in [5, 5.41) is 17.9. The fraction of sp³-hybridized carbons (Fsp3) is 0.0909. The molecule has 0 saturated carbocycles. The molecule has 2 aromatic heterocycles. The summed E-state index contributed by atoms with van der Waals surface area (Å²) in [6.07, 6.45) is 1.24. The molecule has 11 heteroatoms. The maximum absolute atomic E-state index is 13.0. The van der Waals surface area contributed by atoms with Crippen LogP contribution in [0, 0.1) is 10.1 Å². The van der Waals surface area contributed by atoms with E-state index in [9.17, 15) is 24.5 Å². The van der Waals surface area contributed by atoms with Crippen molar-refractivity contribution in [1.82, 2.24) is 9.78 Å². The lowest BCUT2D eigenvalue weighted by Gasteiger charge is -2.11. The molecular formula is C22H16N4O7. The summed E-state index contributed by atoms with van der Waals surface area (Å²) in [7, 11) is 0. The van der Waals surface area contributed by atoms with Crippen LogP contribution in [0.3, 0.4) is 0 Å². The molecule has 4 rings (SSSR count). The Balaban J connectivity index is 1.78. The standard InChI is InChI=1S/C22H16N4O7/c1-2-32-21(28)17-12-23-25(14-6-4-3-5-7-14)19(17)24-20(27)16-11-13-10-15(26(30)31)8-9-18(13)33-22(16)29/h3-12H,2H2,1H3,(H,24,27). The zero-order chi connectivity index (χ0) is 23.5. The van der Waals surface area contributed by atoms with Crippen LogP contribution >= 0.6 is 0 Å². The number of carbonyl (C=O) groups excluding carboxylic acids is 2. The first-order valence-corrected chi connectivity index (χ1v) is 9.73. The number of benzene rings is 2. The fourth-order valence-electron chi connectivity index (χ4n) is 3.15. The third kappa shape index (κ3) is 4.19. The molecule has 33 heavy (non-hydrogen) atoms. The summed E-state index contributed by atoms with van der Waals surface area (Å²) in [5.41, 5.74) is -0.964. The van der Waals surface area contributed by atoms with Crippen LogP contribution in [0.5, 0.6) is 0 Å². The highest BCUT2D eigenvalue weighted by molar-refractivity contribution is 6.08. The molecule has 0 unspecified atom stereocenters. The molecule has 0 aliphatic rings. The number of hydrogen-bond donors (Lipinski definition) is 1. The Morgan fingerprint density at radius 3 is 2.61 bits per heavy atom. The van der Waals surface area contributed by atoms with Gasteiger partial charge in [0.1, 0.15) is 16.7 Å². The van der Waals surface area contributed by atoms with E-state index >= 15 is 0 Å². The summed E-state index contributed by atoms with van der Waals surface area (Å²) in [6, 6.07) is 13.5. The number of nitrogens with one attached hydrogen (secondary N) is 1. The molecule has 0 saturated heterocycles. The number of rotatable bonds is 6. The van der Waals surface area contributed by atoms with Gasteiger partial charge in [0.05, 0.1) is 23.4 Å². The molecule has 0 aliphatic heterocycles. The predicted octanol–water partition coefficient (Wildman–Crippen LogP) is 3.32. The highest BCUT2D eigenvalue weighted by Gasteiger charge is 2.24. The quantitative estimate of drug-likeness (QED) is 0.204. The number of nitrogens with zero attached hydrogens (tertiary/aromatic N) is 3. The number of carbonyl (C=O) groups is 2. The molecule has 2 aromatic carbocycles. The Labute approximate surface area is 185 Å². The number of fused-ring (bicyclic) bond motifs is 1. The van der Waals surface area contributed by atoms with Gasteiger partial charge in [-0.15, -0.1) is 0 Å². The van der Waals surface area contributed by atoms with Gasteiger partial charge >= 0.3 is 11.6 Å². The number of aromatic nitrogens is 2. The lowest BCUT2D eigenvalue weighted by atomic mass is 10.1. The van der Waals surface area contributed by atoms with Gasteiger partial charge < -0.3 is 14.5 Å². The minimum absolute atomic E-state index is 0.0109. The third-order valence-corrected chi connectivity index (χ3v) is 4.67. The van der Waals surface area contributed by atoms with Gasteiger partial charge in [-0.2, -0.15) is 5.10 Å². The van der Waals surface area contributed by atoms with E-state index in [0.29, 0.717) is 5.69 Å².